The molecule has 118 valence electrons. The number of methoxy groups -OCH3 is 1. The van der Waals surface area contributed by atoms with Crippen LogP contribution in [0.2, 0.25) is 0 Å². The fraction of sp³-hybridized carbons (Fsp3) is 0.316. The number of fused-ring (bicyclic) bond motifs is 2. The molecule has 2 heterocycles. The second-order valence-corrected chi connectivity index (χ2v) is 6.21. The van der Waals surface area contributed by atoms with Gasteiger partial charge in [0.2, 0.25) is 0 Å². The molecule has 0 spiro atoms. The summed E-state index contributed by atoms with van der Waals surface area (Å²) < 4.78 is 7.65. The van der Waals surface area contributed by atoms with E-state index < -0.39 is 0 Å². The fourth-order valence-electron chi connectivity index (χ4n) is 3.58. The number of imidazole rings is 1. The predicted molar refractivity (Wildman–Crippen MR) is 91.2 cm³/mol. The van der Waals surface area contributed by atoms with Gasteiger partial charge in [0, 0.05) is 32.9 Å². The minimum Gasteiger partial charge on any atom is -0.382 e. The van der Waals surface area contributed by atoms with E-state index in [0.29, 0.717) is 6.04 Å². The van der Waals surface area contributed by atoms with Crippen LogP contribution in [0.1, 0.15) is 17.3 Å². The largest absolute Gasteiger partial charge is 0.382 e. The Bertz CT molecular complexity index is 806. The van der Waals surface area contributed by atoms with Crippen molar-refractivity contribution in [2.75, 3.05) is 20.3 Å². The molecule has 0 radical (unpaired) electrons. The standard InChI is InChI=1S/C19H21N3O/c1-23-13-18-12-21(11-17-9-20-14-22(17)18)10-16-7-4-6-15-5-2-3-8-19(15)16/h2-9,14,18H,10-13H2,1H3/t18-/m1/s1. The van der Waals surface area contributed by atoms with E-state index in [1.807, 2.05) is 12.5 Å². The van der Waals surface area contributed by atoms with Crippen LogP contribution >= 0.6 is 0 Å². The van der Waals surface area contributed by atoms with Gasteiger partial charge in [-0.05, 0) is 16.3 Å². The summed E-state index contributed by atoms with van der Waals surface area (Å²) in [6, 6.07) is 15.5. The molecule has 1 atom stereocenters. The summed E-state index contributed by atoms with van der Waals surface area (Å²) >= 11 is 0. The van der Waals surface area contributed by atoms with Gasteiger partial charge in [0.15, 0.2) is 0 Å². The van der Waals surface area contributed by atoms with E-state index >= 15 is 0 Å². The van der Waals surface area contributed by atoms with Crippen molar-refractivity contribution in [2.24, 2.45) is 0 Å². The maximum Gasteiger partial charge on any atom is 0.0952 e. The van der Waals surface area contributed by atoms with Crippen LogP contribution < -0.4 is 0 Å². The second kappa shape index (κ2) is 6.14. The average molecular weight is 307 g/mol. The lowest BCUT2D eigenvalue weighted by molar-refractivity contribution is 0.0985. The van der Waals surface area contributed by atoms with E-state index in [1.54, 1.807) is 7.11 Å². The summed E-state index contributed by atoms with van der Waals surface area (Å²) in [5.41, 5.74) is 2.64. The van der Waals surface area contributed by atoms with Crippen molar-refractivity contribution in [3.05, 3.63) is 66.2 Å². The van der Waals surface area contributed by atoms with E-state index in [0.717, 1.165) is 26.2 Å². The predicted octanol–water partition coefficient (Wildman–Crippen LogP) is 3.24. The summed E-state index contributed by atoms with van der Waals surface area (Å²) in [5.74, 6) is 0. The summed E-state index contributed by atoms with van der Waals surface area (Å²) in [6.07, 6.45) is 3.90. The Morgan fingerprint density at radius 1 is 1.17 bits per heavy atom. The van der Waals surface area contributed by atoms with Crippen molar-refractivity contribution >= 4 is 10.8 Å². The SMILES string of the molecule is COC[C@H]1CN(Cc2cccc3ccccc23)Cc2cncn21. The van der Waals surface area contributed by atoms with Gasteiger partial charge >= 0.3 is 0 Å². The van der Waals surface area contributed by atoms with Crippen molar-refractivity contribution < 1.29 is 4.74 Å². The molecule has 0 saturated carbocycles. The summed E-state index contributed by atoms with van der Waals surface area (Å²) in [7, 11) is 1.76. The molecule has 2 aromatic carbocycles. The summed E-state index contributed by atoms with van der Waals surface area (Å²) in [5, 5.41) is 2.65. The van der Waals surface area contributed by atoms with E-state index in [4.69, 9.17) is 4.74 Å². The fourth-order valence-corrected chi connectivity index (χ4v) is 3.58. The topological polar surface area (TPSA) is 30.3 Å². The monoisotopic (exact) mass is 307 g/mol. The van der Waals surface area contributed by atoms with Gasteiger partial charge in [-0.1, -0.05) is 42.5 Å². The maximum atomic E-state index is 5.40. The molecule has 4 nitrogen and oxygen atoms in total. The van der Waals surface area contributed by atoms with Gasteiger partial charge in [-0.3, -0.25) is 4.90 Å². The maximum absolute atomic E-state index is 5.40. The minimum atomic E-state index is 0.334. The Hall–Kier alpha value is -2.17. The van der Waals surface area contributed by atoms with Crippen molar-refractivity contribution in [2.45, 2.75) is 19.1 Å². The smallest absolute Gasteiger partial charge is 0.0952 e. The van der Waals surface area contributed by atoms with Crippen molar-refractivity contribution in [3.63, 3.8) is 0 Å². The Labute approximate surface area is 136 Å². The number of ether oxygens (including phenoxy) is 1. The quantitative estimate of drug-likeness (QED) is 0.741. The lowest BCUT2D eigenvalue weighted by Crippen LogP contribution is -2.38. The molecular weight excluding hydrogens is 286 g/mol. The van der Waals surface area contributed by atoms with Gasteiger partial charge in [0.05, 0.1) is 24.7 Å². The molecule has 1 aromatic heterocycles. The highest BCUT2D eigenvalue weighted by atomic mass is 16.5. The summed E-state index contributed by atoms with van der Waals surface area (Å²) in [4.78, 5) is 6.80. The first-order valence-electron chi connectivity index (χ1n) is 8.04. The van der Waals surface area contributed by atoms with Crippen LogP contribution in [0.3, 0.4) is 0 Å². The zero-order valence-electron chi connectivity index (χ0n) is 13.4. The second-order valence-electron chi connectivity index (χ2n) is 6.21. The highest BCUT2D eigenvalue weighted by Gasteiger charge is 2.25. The molecule has 1 aliphatic rings. The Morgan fingerprint density at radius 2 is 2.04 bits per heavy atom. The Kier molecular flexibility index (Phi) is 3.85. The number of nitrogens with zero attached hydrogens (tertiary/aromatic N) is 3. The van der Waals surface area contributed by atoms with Gasteiger partial charge in [0.25, 0.3) is 0 Å². The minimum absolute atomic E-state index is 0.334. The highest BCUT2D eigenvalue weighted by molar-refractivity contribution is 5.85. The zero-order chi connectivity index (χ0) is 15.6. The molecule has 0 bridgehead atoms. The normalized spacial score (nSPS) is 18.2. The Morgan fingerprint density at radius 3 is 2.96 bits per heavy atom. The molecule has 0 N–H and O–H groups in total. The summed E-state index contributed by atoms with van der Waals surface area (Å²) in [6.45, 7) is 3.59. The van der Waals surface area contributed by atoms with E-state index in [9.17, 15) is 0 Å². The third kappa shape index (κ3) is 2.76. The first kappa shape index (κ1) is 14.4. The van der Waals surface area contributed by atoms with Crippen LogP contribution in [-0.4, -0.2) is 34.7 Å². The van der Waals surface area contributed by atoms with Crippen LogP contribution in [0.25, 0.3) is 10.8 Å². The lowest BCUT2D eigenvalue weighted by atomic mass is 10.0. The van der Waals surface area contributed by atoms with Crippen molar-refractivity contribution in [1.29, 1.82) is 0 Å². The van der Waals surface area contributed by atoms with Gasteiger partial charge in [-0.25, -0.2) is 4.98 Å². The van der Waals surface area contributed by atoms with E-state index in [1.165, 1.54) is 22.0 Å². The Balaban J connectivity index is 1.62. The van der Waals surface area contributed by atoms with E-state index in [-0.39, 0.29) is 0 Å². The molecule has 0 aliphatic carbocycles. The number of benzene rings is 2. The molecule has 3 aromatic rings. The molecule has 0 saturated heterocycles. The van der Waals surface area contributed by atoms with Crippen molar-refractivity contribution in [1.82, 2.24) is 14.5 Å². The van der Waals surface area contributed by atoms with Crippen LogP contribution in [-0.2, 0) is 17.8 Å². The van der Waals surface area contributed by atoms with Gasteiger partial charge in [-0.15, -0.1) is 0 Å². The number of hydrogen-bond donors (Lipinski definition) is 0. The lowest BCUT2D eigenvalue weighted by Gasteiger charge is -2.34. The number of aromatic nitrogens is 2. The average Bonchev–Trinajstić information content (AvgIpc) is 3.04. The van der Waals surface area contributed by atoms with Crippen LogP contribution in [0.4, 0.5) is 0 Å². The molecule has 4 heteroatoms. The molecule has 4 rings (SSSR count). The van der Waals surface area contributed by atoms with Crippen LogP contribution in [0, 0.1) is 0 Å². The number of hydrogen-bond acceptors (Lipinski definition) is 3. The zero-order valence-corrected chi connectivity index (χ0v) is 13.4. The molecule has 23 heavy (non-hydrogen) atoms. The molecule has 0 fully saturated rings. The van der Waals surface area contributed by atoms with Gasteiger partial charge < -0.3 is 9.30 Å². The van der Waals surface area contributed by atoms with Gasteiger partial charge in [-0.2, -0.15) is 0 Å². The molecule has 0 unspecified atom stereocenters. The molecule has 1 aliphatic heterocycles. The first-order valence-corrected chi connectivity index (χ1v) is 8.04. The third-order valence-corrected chi connectivity index (χ3v) is 4.63. The van der Waals surface area contributed by atoms with E-state index in [2.05, 4.69) is 56.9 Å². The molecule has 0 amide bonds. The molecular formula is C19H21N3O. The highest BCUT2D eigenvalue weighted by Crippen LogP contribution is 2.25. The third-order valence-electron chi connectivity index (χ3n) is 4.63. The first-order chi connectivity index (χ1) is 11.3. The van der Waals surface area contributed by atoms with Crippen LogP contribution in [0.5, 0.6) is 0 Å². The number of rotatable bonds is 4. The van der Waals surface area contributed by atoms with Gasteiger partial charge in [0.1, 0.15) is 0 Å². The van der Waals surface area contributed by atoms with Crippen molar-refractivity contribution in [3.8, 4) is 0 Å². The van der Waals surface area contributed by atoms with Crippen LogP contribution in [0.15, 0.2) is 55.0 Å².